The lowest BCUT2D eigenvalue weighted by atomic mass is 9.97. The number of ether oxygens (including phenoxy) is 1. The first-order chi connectivity index (χ1) is 8.92. The number of H-pyrrole nitrogens is 1. The van der Waals surface area contributed by atoms with Gasteiger partial charge in [-0.1, -0.05) is 12.1 Å². The molecule has 1 aromatic heterocycles. The molecule has 2 heterocycles. The third-order valence-electron chi connectivity index (χ3n) is 3.53. The third-order valence-corrected chi connectivity index (χ3v) is 3.53. The second kappa shape index (κ2) is 6.78. The highest BCUT2D eigenvalue weighted by molar-refractivity contribution is 5.85. The molecule has 0 aliphatic carbocycles. The largest absolute Gasteiger partial charge is 0.465 e. The highest BCUT2D eigenvalue weighted by Crippen LogP contribution is 2.17. The summed E-state index contributed by atoms with van der Waals surface area (Å²) in [6, 6.07) is 8.63. The molecule has 3 rings (SSSR count). The number of aromatic nitrogens is 2. The average Bonchev–Trinajstić information content (AvgIpc) is 2.82. The van der Waals surface area contributed by atoms with Crippen molar-refractivity contribution < 1.29 is 4.74 Å². The number of hydrogen-bond acceptors (Lipinski definition) is 3. The van der Waals surface area contributed by atoms with Crippen molar-refractivity contribution in [1.82, 2.24) is 15.3 Å². The number of benzene rings is 1. The number of nitrogens with one attached hydrogen (secondary N) is 2. The van der Waals surface area contributed by atoms with E-state index in [0.29, 0.717) is 6.01 Å². The zero-order valence-electron chi connectivity index (χ0n) is 10.9. The minimum atomic E-state index is 0. The van der Waals surface area contributed by atoms with Crippen molar-refractivity contribution in [2.24, 2.45) is 5.92 Å². The molecule has 1 atom stereocenters. The van der Waals surface area contributed by atoms with Crippen molar-refractivity contribution in [2.75, 3.05) is 19.7 Å². The van der Waals surface area contributed by atoms with Crippen molar-refractivity contribution >= 4 is 23.4 Å². The van der Waals surface area contributed by atoms with Crippen LogP contribution in [0.4, 0.5) is 0 Å². The topological polar surface area (TPSA) is 49.9 Å². The number of aromatic amines is 1. The van der Waals surface area contributed by atoms with Gasteiger partial charge in [0.25, 0.3) is 6.01 Å². The lowest BCUT2D eigenvalue weighted by Gasteiger charge is -2.22. The summed E-state index contributed by atoms with van der Waals surface area (Å²) in [7, 11) is 0. The van der Waals surface area contributed by atoms with E-state index in [1.54, 1.807) is 0 Å². The van der Waals surface area contributed by atoms with Gasteiger partial charge in [0.2, 0.25) is 0 Å². The summed E-state index contributed by atoms with van der Waals surface area (Å²) in [5, 5.41) is 3.43. The summed E-state index contributed by atoms with van der Waals surface area (Å²) in [5.74, 6) is 0.753. The van der Waals surface area contributed by atoms with E-state index in [4.69, 9.17) is 4.74 Å². The van der Waals surface area contributed by atoms with Gasteiger partial charge in [-0.25, -0.2) is 0 Å². The fourth-order valence-electron chi connectivity index (χ4n) is 2.49. The second-order valence-electron chi connectivity index (χ2n) is 4.91. The summed E-state index contributed by atoms with van der Waals surface area (Å²) in [5.41, 5.74) is 2.00. The van der Waals surface area contributed by atoms with Gasteiger partial charge in [-0.05, 0) is 50.4 Å². The van der Waals surface area contributed by atoms with Crippen molar-refractivity contribution in [2.45, 2.75) is 19.3 Å². The number of nitrogens with zero attached hydrogens (tertiary/aromatic N) is 1. The van der Waals surface area contributed by atoms with E-state index < -0.39 is 0 Å². The SMILES string of the molecule is Cl.c1ccc2[nH]c(OCCC3CCCNC3)nc2c1. The molecule has 0 spiro atoms. The van der Waals surface area contributed by atoms with E-state index >= 15 is 0 Å². The summed E-state index contributed by atoms with van der Waals surface area (Å²) in [4.78, 5) is 7.59. The van der Waals surface area contributed by atoms with Crippen LogP contribution in [-0.4, -0.2) is 29.7 Å². The number of imidazole rings is 1. The van der Waals surface area contributed by atoms with Crippen molar-refractivity contribution in [3.63, 3.8) is 0 Å². The molecule has 104 valence electrons. The first-order valence-electron chi connectivity index (χ1n) is 6.70. The van der Waals surface area contributed by atoms with Crippen LogP contribution in [0.3, 0.4) is 0 Å². The lowest BCUT2D eigenvalue weighted by Crippen LogP contribution is -2.30. The minimum absolute atomic E-state index is 0. The fraction of sp³-hybridized carbons (Fsp3) is 0.500. The molecule has 1 aliphatic heterocycles. The highest BCUT2D eigenvalue weighted by Gasteiger charge is 2.13. The van der Waals surface area contributed by atoms with Crippen molar-refractivity contribution in [1.29, 1.82) is 0 Å². The number of para-hydroxylation sites is 2. The Kier molecular flexibility index (Phi) is 5.05. The molecule has 1 saturated heterocycles. The van der Waals surface area contributed by atoms with Gasteiger partial charge >= 0.3 is 0 Å². The number of hydrogen-bond donors (Lipinski definition) is 2. The van der Waals surface area contributed by atoms with E-state index in [0.717, 1.165) is 36.5 Å². The normalized spacial score (nSPS) is 19.1. The quantitative estimate of drug-likeness (QED) is 0.906. The average molecular weight is 282 g/mol. The van der Waals surface area contributed by atoms with Crippen LogP contribution in [0.5, 0.6) is 6.01 Å². The number of halogens is 1. The molecule has 1 fully saturated rings. The van der Waals surface area contributed by atoms with Gasteiger partial charge < -0.3 is 15.0 Å². The van der Waals surface area contributed by atoms with E-state index in [1.165, 1.54) is 19.4 Å². The molecule has 1 aliphatic rings. The van der Waals surface area contributed by atoms with Gasteiger partial charge in [-0.15, -0.1) is 12.4 Å². The Hall–Kier alpha value is -1.26. The minimum Gasteiger partial charge on any atom is -0.465 e. The van der Waals surface area contributed by atoms with Gasteiger partial charge in [0.15, 0.2) is 0 Å². The van der Waals surface area contributed by atoms with Crippen LogP contribution in [0.1, 0.15) is 19.3 Å². The molecule has 0 amide bonds. The van der Waals surface area contributed by atoms with Gasteiger partial charge in [0.1, 0.15) is 0 Å². The molecule has 1 aromatic carbocycles. The van der Waals surface area contributed by atoms with Crippen molar-refractivity contribution in [3.05, 3.63) is 24.3 Å². The van der Waals surface area contributed by atoms with Crippen LogP contribution in [0.2, 0.25) is 0 Å². The molecule has 0 radical (unpaired) electrons. The Bertz CT molecular complexity index is 475. The Morgan fingerprint density at radius 3 is 3.00 bits per heavy atom. The van der Waals surface area contributed by atoms with Gasteiger partial charge in [-0.2, -0.15) is 4.98 Å². The number of fused-ring (bicyclic) bond motifs is 1. The Balaban J connectivity index is 0.00000133. The maximum atomic E-state index is 5.70. The summed E-state index contributed by atoms with van der Waals surface area (Å²) in [6.07, 6.45) is 3.70. The standard InChI is InChI=1S/C14H19N3O.ClH/c1-2-6-13-12(5-1)16-14(17-13)18-9-7-11-4-3-8-15-10-11;/h1-2,5-6,11,15H,3-4,7-10H2,(H,16,17);1H. The van der Waals surface area contributed by atoms with E-state index in [2.05, 4.69) is 15.3 Å². The van der Waals surface area contributed by atoms with Gasteiger partial charge in [-0.3, -0.25) is 0 Å². The zero-order chi connectivity index (χ0) is 12.2. The molecule has 2 aromatic rings. The lowest BCUT2D eigenvalue weighted by molar-refractivity contribution is 0.242. The maximum Gasteiger partial charge on any atom is 0.294 e. The zero-order valence-corrected chi connectivity index (χ0v) is 11.7. The molecule has 4 nitrogen and oxygen atoms in total. The Morgan fingerprint density at radius 2 is 2.21 bits per heavy atom. The molecule has 5 heteroatoms. The predicted octanol–water partition coefficient (Wildman–Crippen LogP) is 2.75. The van der Waals surface area contributed by atoms with Crippen LogP contribution in [0.25, 0.3) is 11.0 Å². The highest BCUT2D eigenvalue weighted by atomic mass is 35.5. The second-order valence-corrected chi connectivity index (χ2v) is 4.91. The smallest absolute Gasteiger partial charge is 0.294 e. The van der Waals surface area contributed by atoms with E-state index in [9.17, 15) is 0 Å². The van der Waals surface area contributed by atoms with Gasteiger partial charge in [0, 0.05) is 0 Å². The van der Waals surface area contributed by atoms with E-state index in [-0.39, 0.29) is 12.4 Å². The van der Waals surface area contributed by atoms with Crippen molar-refractivity contribution in [3.8, 4) is 6.01 Å². The molecule has 0 saturated carbocycles. The fourth-order valence-corrected chi connectivity index (χ4v) is 2.49. The van der Waals surface area contributed by atoms with Gasteiger partial charge in [0.05, 0.1) is 17.6 Å². The maximum absolute atomic E-state index is 5.70. The Morgan fingerprint density at radius 1 is 1.32 bits per heavy atom. The van der Waals surface area contributed by atoms with E-state index in [1.807, 2.05) is 24.3 Å². The van der Waals surface area contributed by atoms with Crippen LogP contribution >= 0.6 is 12.4 Å². The molecule has 0 bridgehead atoms. The van der Waals surface area contributed by atoms with Crippen LogP contribution < -0.4 is 10.1 Å². The molecule has 2 N–H and O–H groups in total. The predicted molar refractivity (Wildman–Crippen MR) is 79.0 cm³/mol. The van der Waals surface area contributed by atoms with Crippen LogP contribution in [-0.2, 0) is 0 Å². The summed E-state index contributed by atoms with van der Waals surface area (Å²) >= 11 is 0. The van der Waals surface area contributed by atoms with Crippen LogP contribution in [0.15, 0.2) is 24.3 Å². The molecule has 1 unspecified atom stereocenters. The summed E-state index contributed by atoms with van der Waals surface area (Å²) in [6.45, 7) is 3.04. The number of rotatable bonds is 4. The third kappa shape index (κ3) is 3.61. The number of piperidine rings is 1. The molecule has 19 heavy (non-hydrogen) atoms. The molecular weight excluding hydrogens is 262 g/mol. The first kappa shape index (κ1) is 14.2. The first-order valence-corrected chi connectivity index (χ1v) is 6.70. The molecular formula is C14H20ClN3O. The summed E-state index contributed by atoms with van der Waals surface area (Å²) < 4.78 is 5.70. The van der Waals surface area contributed by atoms with Crippen LogP contribution in [0, 0.1) is 5.92 Å². The Labute approximate surface area is 119 Å². The monoisotopic (exact) mass is 281 g/mol.